The number of rotatable bonds is 6. The second kappa shape index (κ2) is 6.16. The Hall–Kier alpha value is -1.51. The molecule has 88 valence electrons. The van der Waals surface area contributed by atoms with Gasteiger partial charge in [-0.25, -0.2) is 0 Å². The third-order valence-electron chi connectivity index (χ3n) is 2.62. The summed E-state index contributed by atoms with van der Waals surface area (Å²) in [4.78, 5) is 10.4. The van der Waals surface area contributed by atoms with Crippen LogP contribution < -0.4 is 9.47 Å². The van der Waals surface area contributed by atoms with Crippen molar-refractivity contribution < 1.29 is 14.3 Å². The molecular formula is C13H18O3. The minimum absolute atomic E-state index is 0.531. The number of carbonyl (C=O) groups excluding carboxylic acids is 1. The molecule has 1 rings (SSSR count). The Bertz CT molecular complexity index is 358. The van der Waals surface area contributed by atoms with Crippen molar-refractivity contribution in [1.82, 2.24) is 0 Å². The maximum absolute atomic E-state index is 10.4. The number of methoxy groups -OCH3 is 2. The fourth-order valence-corrected chi connectivity index (χ4v) is 1.81. The van der Waals surface area contributed by atoms with Gasteiger partial charge in [-0.05, 0) is 30.0 Å². The van der Waals surface area contributed by atoms with Crippen LogP contribution in [0.2, 0.25) is 0 Å². The Morgan fingerprint density at radius 3 is 2.50 bits per heavy atom. The first-order chi connectivity index (χ1) is 7.76. The maximum atomic E-state index is 10.4. The smallest absolute Gasteiger partial charge is 0.126 e. The van der Waals surface area contributed by atoms with Crippen molar-refractivity contribution in [1.29, 1.82) is 0 Å². The molecule has 0 radical (unpaired) electrons. The predicted octanol–water partition coefficient (Wildman–Crippen LogP) is 2.40. The van der Waals surface area contributed by atoms with Crippen molar-refractivity contribution in [2.75, 3.05) is 14.2 Å². The predicted molar refractivity (Wildman–Crippen MR) is 63.3 cm³/mol. The van der Waals surface area contributed by atoms with Gasteiger partial charge in [-0.2, -0.15) is 0 Å². The molecule has 1 aromatic carbocycles. The molecule has 0 unspecified atom stereocenters. The van der Waals surface area contributed by atoms with Crippen LogP contribution in [0, 0.1) is 0 Å². The minimum Gasteiger partial charge on any atom is -0.497 e. The SMILES string of the molecule is CCc1c(CCC=O)cc(OC)cc1OC. The van der Waals surface area contributed by atoms with Gasteiger partial charge in [0, 0.05) is 12.5 Å². The third-order valence-corrected chi connectivity index (χ3v) is 2.62. The zero-order valence-corrected chi connectivity index (χ0v) is 10.1. The normalized spacial score (nSPS) is 9.94. The lowest BCUT2D eigenvalue weighted by Crippen LogP contribution is -1.99. The van der Waals surface area contributed by atoms with Gasteiger partial charge in [-0.3, -0.25) is 0 Å². The Kier molecular flexibility index (Phi) is 4.83. The Balaban J connectivity index is 3.14. The van der Waals surface area contributed by atoms with Gasteiger partial charge in [0.2, 0.25) is 0 Å². The quantitative estimate of drug-likeness (QED) is 0.693. The third kappa shape index (κ3) is 2.75. The van der Waals surface area contributed by atoms with E-state index in [-0.39, 0.29) is 0 Å². The first-order valence-electron chi connectivity index (χ1n) is 5.44. The number of ether oxygens (including phenoxy) is 2. The van der Waals surface area contributed by atoms with E-state index in [0.717, 1.165) is 41.8 Å². The minimum atomic E-state index is 0.531. The summed E-state index contributed by atoms with van der Waals surface area (Å²) in [6.45, 7) is 2.08. The first-order valence-corrected chi connectivity index (χ1v) is 5.44. The number of aldehydes is 1. The Morgan fingerprint density at radius 1 is 1.25 bits per heavy atom. The van der Waals surface area contributed by atoms with Crippen molar-refractivity contribution in [2.45, 2.75) is 26.2 Å². The highest BCUT2D eigenvalue weighted by molar-refractivity contribution is 5.52. The topological polar surface area (TPSA) is 35.5 Å². The summed E-state index contributed by atoms with van der Waals surface area (Å²) in [6.07, 6.45) is 3.09. The molecule has 0 saturated carbocycles. The summed E-state index contributed by atoms with van der Waals surface area (Å²) in [5, 5.41) is 0. The number of hydrogen-bond acceptors (Lipinski definition) is 3. The van der Waals surface area contributed by atoms with Crippen LogP contribution >= 0.6 is 0 Å². The van der Waals surface area contributed by atoms with Gasteiger partial charge in [0.1, 0.15) is 17.8 Å². The molecule has 0 aliphatic heterocycles. The molecule has 0 bridgehead atoms. The van der Waals surface area contributed by atoms with E-state index in [9.17, 15) is 4.79 Å². The van der Waals surface area contributed by atoms with E-state index in [0.29, 0.717) is 6.42 Å². The van der Waals surface area contributed by atoms with Crippen LogP contribution in [0.3, 0.4) is 0 Å². The van der Waals surface area contributed by atoms with Crippen LogP contribution in [-0.2, 0) is 17.6 Å². The molecule has 0 spiro atoms. The molecule has 3 heteroatoms. The monoisotopic (exact) mass is 222 g/mol. The van der Waals surface area contributed by atoms with Crippen molar-refractivity contribution >= 4 is 6.29 Å². The van der Waals surface area contributed by atoms with Gasteiger partial charge in [-0.15, -0.1) is 0 Å². The van der Waals surface area contributed by atoms with Gasteiger partial charge in [0.15, 0.2) is 0 Å². The van der Waals surface area contributed by atoms with Crippen LogP contribution in [-0.4, -0.2) is 20.5 Å². The highest BCUT2D eigenvalue weighted by Gasteiger charge is 2.10. The summed E-state index contributed by atoms with van der Waals surface area (Å²) in [5.41, 5.74) is 2.29. The van der Waals surface area contributed by atoms with Crippen LogP contribution in [0.5, 0.6) is 11.5 Å². The summed E-state index contributed by atoms with van der Waals surface area (Å²) in [5.74, 6) is 1.61. The fourth-order valence-electron chi connectivity index (χ4n) is 1.81. The van der Waals surface area contributed by atoms with Crippen molar-refractivity contribution in [3.05, 3.63) is 23.3 Å². The number of hydrogen-bond donors (Lipinski definition) is 0. The van der Waals surface area contributed by atoms with E-state index in [1.54, 1.807) is 14.2 Å². The molecule has 1 aromatic rings. The van der Waals surface area contributed by atoms with E-state index in [1.165, 1.54) is 0 Å². The zero-order valence-electron chi connectivity index (χ0n) is 10.1. The Labute approximate surface area is 96.4 Å². The second-order valence-corrected chi connectivity index (χ2v) is 3.53. The average Bonchev–Trinajstić information content (AvgIpc) is 2.34. The van der Waals surface area contributed by atoms with Crippen LogP contribution in [0.4, 0.5) is 0 Å². The van der Waals surface area contributed by atoms with E-state index in [2.05, 4.69) is 6.92 Å². The first kappa shape index (κ1) is 12.6. The van der Waals surface area contributed by atoms with Crippen molar-refractivity contribution in [2.24, 2.45) is 0 Å². The summed E-state index contributed by atoms with van der Waals surface area (Å²) >= 11 is 0. The molecule has 3 nitrogen and oxygen atoms in total. The lowest BCUT2D eigenvalue weighted by atomic mass is 9.99. The lowest BCUT2D eigenvalue weighted by molar-refractivity contribution is -0.107. The van der Waals surface area contributed by atoms with Gasteiger partial charge in [0.25, 0.3) is 0 Å². The Morgan fingerprint density at radius 2 is 2.00 bits per heavy atom. The highest BCUT2D eigenvalue weighted by atomic mass is 16.5. The molecule has 0 amide bonds. The van der Waals surface area contributed by atoms with Gasteiger partial charge >= 0.3 is 0 Å². The van der Waals surface area contributed by atoms with E-state index in [4.69, 9.17) is 9.47 Å². The molecule has 0 aromatic heterocycles. The van der Waals surface area contributed by atoms with E-state index in [1.807, 2.05) is 12.1 Å². The molecule has 0 heterocycles. The standard InChI is InChI=1S/C13H18O3/c1-4-12-10(6-5-7-14)8-11(15-2)9-13(12)16-3/h7-9H,4-6H2,1-3H3. The fraction of sp³-hybridized carbons (Fsp3) is 0.462. The summed E-state index contributed by atoms with van der Waals surface area (Å²) in [7, 11) is 3.28. The lowest BCUT2D eigenvalue weighted by Gasteiger charge is -2.14. The second-order valence-electron chi connectivity index (χ2n) is 3.53. The number of benzene rings is 1. The van der Waals surface area contributed by atoms with E-state index >= 15 is 0 Å². The maximum Gasteiger partial charge on any atom is 0.126 e. The summed E-state index contributed by atoms with van der Waals surface area (Å²) in [6, 6.07) is 3.86. The van der Waals surface area contributed by atoms with Crippen molar-refractivity contribution in [3.63, 3.8) is 0 Å². The molecule has 0 atom stereocenters. The van der Waals surface area contributed by atoms with Gasteiger partial charge in [0.05, 0.1) is 14.2 Å². The zero-order chi connectivity index (χ0) is 12.0. The average molecular weight is 222 g/mol. The number of aryl methyl sites for hydroxylation is 1. The summed E-state index contributed by atoms with van der Waals surface area (Å²) < 4.78 is 10.5. The van der Waals surface area contributed by atoms with Crippen LogP contribution in [0.15, 0.2) is 12.1 Å². The van der Waals surface area contributed by atoms with Crippen LogP contribution in [0.25, 0.3) is 0 Å². The largest absolute Gasteiger partial charge is 0.497 e. The molecular weight excluding hydrogens is 204 g/mol. The number of carbonyl (C=O) groups is 1. The van der Waals surface area contributed by atoms with Crippen molar-refractivity contribution in [3.8, 4) is 11.5 Å². The molecule has 0 aliphatic carbocycles. The van der Waals surface area contributed by atoms with Crippen LogP contribution in [0.1, 0.15) is 24.5 Å². The van der Waals surface area contributed by atoms with Gasteiger partial charge < -0.3 is 14.3 Å². The highest BCUT2D eigenvalue weighted by Crippen LogP contribution is 2.29. The van der Waals surface area contributed by atoms with E-state index < -0.39 is 0 Å². The molecule has 0 aliphatic rings. The molecule has 0 saturated heterocycles. The van der Waals surface area contributed by atoms with Gasteiger partial charge in [-0.1, -0.05) is 6.92 Å². The molecule has 0 N–H and O–H groups in total. The molecule has 0 fully saturated rings. The molecule has 16 heavy (non-hydrogen) atoms.